The zero-order valence-electron chi connectivity index (χ0n) is 31.3. The third-order valence-electron chi connectivity index (χ3n) is 9.16. The van der Waals surface area contributed by atoms with Crippen LogP contribution in [-0.2, 0) is 9.59 Å². The molecule has 0 aliphatic heterocycles. The lowest BCUT2D eigenvalue weighted by Crippen LogP contribution is -2.32. The highest BCUT2D eigenvalue weighted by atomic mass is 16.2. The van der Waals surface area contributed by atoms with E-state index >= 15 is 0 Å². The van der Waals surface area contributed by atoms with Crippen molar-refractivity contribution in [2.24, 2.45) is 0 Å². The van der Waals surface area contributed by atoms with E-state index in [4.69, 9.17) is 0 Å². The summed E-state index contributed by atoms with van der Waals surface area (Å²) >= 11 is 0. The summed E-state index contributed by atoms with van der Waals surface area (Å²) in [5.41, 5.74) is 0. The Kier molecular flexibility index (Phi) is 36.6. The fourth-order valence-corrected chi connectivity index (χ4v) is 6.06. The minimum absolute atomic E-state index is 0.190. The molecule has 0 saturated heterocycles. The molecule has 0 aliphatic rings. The van der Waals surface area contributed by atoms with Crippen molar-refractivity contribution in [2.45, 2.75) is 226 Å². The molecule has 0 saturated carbocycles. The van der Waals surface area contributed by atoms with E-state index in [0.717, 1.165) is 51.5 Å². The summed E-state index contributed by atoms with van der Waals surface area (Å²) in [6.07, 6.45) is 47.0. The van der Waals surface area contributed by atoms with Crippen LogP contribution in [0.3, 0.4) is 0 Å². The molecule has 0 radical (unpaired) electrons. The number of carbonyl (C=O) groups is 2. The molecule has 2 amide bonds. The molecule has 0 rings (SSSR count). The maximum absolute atomic E-state index is 12.3. The second-order valence-corrected chi connectivity index (χ2v) is 14.0. The SMILES string of the molecule is CCCCC/C=C\C/C=C\CCCCCCCC(=O)N[C@H](C)CCCCNC(=O)CCCCCCCCCCCCCCCCC. The predicted octanol–water partition coefficient (Wildman–Crippen LogP) is 12.9. The van der Waals surface area contributed by atoms with E-state index in [2.05, 4.69) is 55.7 Å². The smallest absolute Gasteiger partial charge is 0.220 e. The van der Waals surface area contributed by atoms with E-state index < -0.39 is 0 Å². The number of nitrogens with one attached hydrogen (secondary N) is 2. The van der Waals surface area contributed by atoms with E-state index in [1.165, 1.54) is 141 Å². The van der Waals surface area contributed by atoms with Crippen molar-refractivity contribution in [3.63, 3.8) is 0 Å². The Balaban J connectivity index is 3.41. The first kappa shape index (κ1) is 44.4. The number of allylic oxidation sites excluding steroid dienone is 4. The van der Waals surface area contributed by atoms with Crippen molar-refractivity contribution in [1.82, 2.24) is 10.6 Å². The number of amides is 2. The standard InChI is InChI=1S/C42H80N2O2/c1-4-6-8-10-12-14-16-18-20-22-24-26-28-30-32-37-41(45)43-39-35-34-36-40(3)44-42(46)38-33-31-29-27-25-23-21-19-17-15-13-11-9-7-5-2/h13,15,19,21,40H,4-12,14,16-18,20,22-39H2,1-3H3,(H,43,45)(H,44,46)/b15-13-,21-19-/t40-/m1/s1. The zero-order chi connectivity index (χ0) is 33.6. The van der Waals surface area contributed by atoms with Gasteiger partial charge in [0.15, 0.2) is 0 Å². The van der Waals surface area contributed by atoms with Crippen molar-refractivity contribution in [3.05, 3.63) is 24.3 Å². The first-order chi connectivity index (χ1) is 22.6. The maximum atomic E-state index is 12.3. The first-order valence-electron chi connectivity index (χ1n) is 20.5. The van der Waals surface area contributed by atoms with Gasteiger partial charge in [0.2, 0.25) is 11.8 Å². The van der Waals surface area contributed by atoms with Crippen LogP contribution in [0.5, 0.6) is 0 Å². The third kappa shape index (κ3) is 36.9. The predicted molar refractivity (Wildman–Crippen MR) is 203 cm³/mol. The molecule has 0 unspecified atom stereocenters. The highest BCUT2D eigenvalue weighted by Gasteiger charge is 2.07. The highest BCUT2D eigenvalue weighted by molar-refractivity contribution is 5.76. The minimum atomic E-state index is 0.190. The van der Waals surface area contributed by atoms with Gasteiger partial charge in [0.1, 0.15) is 0 Å². The van der Waals surface area contributed by atoms with Gasteiger partial charge in [-0.1, -0.05) is 160 Å². The van der Waals surface area contributed by atoms with Crippen LogP contribution in [0.25, 0.3) is 0 Å². The highest BCUT2D eigenvalue weighted by Crippen LogP contribution is 2.14. The normalized spacial score (nSPS) is 12.3. The molecule has 0 bridgehead atoms. The molecule has 0 aromatic rings. The summed E-state index contributed by atoms with van der Waals surface area (Å²) in [4.78, 5) is 24.4. The van der Waals surface area contributed by atoms with Crippen molar-refractivity contribution in [2.75, 3.05) is 6.54 Å². The first-order valence-corrected chi connectivity index (χ1v) is 20.5. The van der Waals surface area contributed by atoms with Gasteiger partial charge in [-0.25, -0.2) is 0 Å². The minimum Gasteiger partial charge on any atom is -0.356 e. The van der Waals surface area contributed by atoms with Crippen LogP contribution < -0.4 is 10.6 Å². The van der Waals surface area contributed by atoms with E-state index in [1.54, 1.807) is 0 Å². The van der Waals surface area contributed by atoms with Crippen LogP contribution in [0.2, 0.25) is 0 Å². The van der Waals surface area contributed by atoms with Gasteiger partial charge in [-0.15, -0.1) is 0 Å². The molecule has 46 heavy (non-hydrogen) atoms. The van der Waals surface area contributed by atoms with Crippen LogP contribution in [-0.4, -0.2) is 24.4 Å². The molecule has 4 heteroatoms. The molecule has 0 aromatic heterocycles. The van der Waals surface area contributed by atoms with Crippen LogP contribution in [0, 0.1) is 0 Å². The van der Waals surface area contributed by atoms with Crippen LogP contribution >= 0.6 is 0 Å². The summed E-state index contributed by atoms with van der Waals surface area (Å²) < 4.78 is 0. The average Bonchev–Trinajstić information content (AvgIpc) is 3.04. The molecule has 0 heterocycles. The number of carbonyl (C=O) groups excluding carboxylic acids is 2. The van der Waals surface area contributed by atoms with E-state index in [1.807, 2.05) is 0 Å². The lowest BCUT2D eigenvalue weighted by atomic mass is 10.0. The molecular formula is C42H80N2O2. The van der Waals surface area contributed by atoms with Gasteiger partial charge in [-0.2, -0.15) is 0 Å². The van der Waals surface area contributed by atoms with E-state index in [0.29, 0.717) is 12.8 Å². The van der Waals surface area contributed by atoms with E-state index in [9.17, 15) is 9.59 Å². The summed E-state index contributed by atoms with van der Waals surface area (Å²) in [5, 5.41) is 6.25. The van der Waals surface area contributed by atoms with Crippen LogP contribution in [0.4, 0.5) is 0 Å². The van der Waals surface area contributed by atoms with Gasteiger partial charge >= 0.3 is 0 Å². The fraction of sp³-hybridized carbons (Fsp3) is 0.857. The quantitative estimate of drug-likeness (QED) is 0.0526. The summed E-state index contributed by atoms with van der Waals surface area (Å²) in [6, 6.07) is 0.210. The molecule has 0 fully saturated rings. The molecule has 2 N–H and O–H groups in total. The summed E-state index contributed by atoms with van der Waals surface area (Å²) in [5.74, 6) is 0.392. The van der Waals surface area contributed by atoms with Crippen LogP contribution in [0.15, 0.2) is 24.3 Å². The van der Waals surface area contributed by atoms with Gasteiger partial charge in [0.05, 0.1) is 0 Å². The number of hydrogen-bond acceptors (Lipinski definition) is 2. The van der Waals surface area contributed by atoms with Crippen molar-refractivity contribution < 1.29 is 9.59 Å². The Morgan fingerprint density at radius 1 is 0.478 bits per heavy atom. The molecule has 0 aliphatic carbocycles. The Morgan fingerprint density at radius 3 is 1.41 bits per heavy atom. The zero-order valence-corrected chi connectivity index (χ0v) is 31.3. The fourth-order valence-electron chi connectivity index (χ4n) is 6.06. The van der Waals surface area contributed by atoms with Crippen LogP contribution in [0.1, 0.15) is 220 Å². The lowest BCUT2D eigenvalue weighted by molar-refractivity contribution is -0.122. The summed E-state index contributed by atoms with van der Waals surface area (Å²) in [7, 11) is 0. The van der Waals surface area contributed by atoms with Crippen molar-refractivity contribution in [1.29, 1.82) is 0 Å². The Bertz CT molecular complexity index is 702. The molecule has 0 spiro atoms. The Morgan fingerprint density at radius 2 is 0.891 bits per heavy atom. The third-order valence-corrected chi connectivity index (χ3v) is 9.16. The molecule has 1 atom stereocenters. The number of rotatable bonds is 36. The average molecular weight is 645 g/mol. The van der Waals surface area contributed by atoms with Gasteiger partial charge in [0, 0.05) is 25.4 Å². The molecule has 4 nitrogen and oxygen atoms in total. The lowest BCUT2D eigenvalue weighted by Gasteiger charge is -2.14. The Labute approximate surface area is 288 Å². The number of hydrogen-bond donors (Lipinski definition) is 2. The Hall–Kier alpha value is -1.58. The second-order valence-electron chi connectivity index (χ2n) is 14.0. The van der Waals surface area contributed by atoms with Crippen molar-refractivity contribution in [3.8, 4) is 0 Å². The van der Waals surface area contributed by atoms with Gasteiger partial charge in [-0.3, -0.25) is 9.59 Å². The van der Waals surface area contributed by atoms with Gasteiger partial charge < -0.3 is 10.6 Å². The topological polar surface area (TPSA) is 58.2 Å². The summed E-state index contributed by atoms with van der Waals surface area (Å²) in [6.45, 7) is 7.39. The number of unbranched alkanes of at least 4 members (excludes halogenated alkanes) is 23. The maximum Gasteiger partial charge on any atom is 0.220 e. The molecule has 0 aromatic carbocycles. The second kappa shape index (κ2) is 37.9. The van der Waals surface area contributed by atoms with Crippen molar-refractivity contribution >= 4 is 11.8 Å². The van der Waals surface area contributed by atoms with Gasteiger partial charge in [0.25, 0.3) is 0 Å². The molecule has 270 valence electrons. The monoisotopic (exact) mass is 645 g/mol. The van der Waals surface area contributed by atoms with E-state index in [-0.39, 0.29) is 17.9 Å². The van der Waals surface area contributed by atoms with Gasteiger partial charge in [-0.05, 0) is 71.1 Å². The molecular weight excluding hydrogens is 564 g/mol. The largest absolute Gasteiger partial charge is 0.356 e.